The number of anilines is 1. The standard InChI is InChI=1S/C17H25N3O/c1-12(17(21)19-16-4-2-3-5-16)20-9-8-13-6-7-15(18)10-14(13)11-20/h6-7,10,12,16H,2-5,8-9,11,18H2,1H3,(H,19,21). The molecule has 1 fully saturated rings. The molecular weight excluding hydrogens is 262 g/mol. The maximum absolute atomic E-state index is 12.4. The summed E-state index contributed by atoms with van der Waals surface area (Å²) in [5, 5.41) is 3.21. The van der Waals surface area contributed by atoms with E-state index in [1.807, 2.05) is 19.1 Å². The van der Waals surface area contributed by atoms with Crippen LogP contribution in [0.3, 0.4) is 0 Å². The molecule has 1 aromatic carbocycles. The highest BCUT2D eigenvalue weighted by Crippen LogP contribution is 2.23. The second-order valence-corrected chi connectivity index (χ2v) is 6.41. The number of nitrogens with zero attached hydrogens (tertiary/aromatic N) is 1. The van der Waals surface area contributed by atoms with Gasteiger partial charge in [-0.25, -0.2) is 0 Å². The number of carbonyl (C=O) groups excluding carboxylic acids is 1. The van der Waals surface area contributed by atoms with Gasteiger partial charge in [0.2, 0.25) is 5.91 Å². The Kier molecular flexibility index (Phi) is 4.15. The van der Waals surface area contributed by atoms with Gasteiger partial charge in [0.1, 0.15) is 0 Å². The van der Waals surface area contributed by atoms with Crippen molar-refractivity contribution in [3.05, 3.63) is 29.3 Å². The number of hydrogen-bond acceptors (Lipinski definition) is 3. The van der Waals surface area contributed by atoms with Crippen LogP contribution in [-0.4, -0.2) is 29.4 Å². The Bertz CT molecular complexity index is 523. The lowest BCUT2D eigenvalue weighted by molar-refractivity contribution is -0.126. The van der Waals surface area contributed by atoms with Crippen LogP contribution in [0.15, 0.2) is 18.2 Å². The SMILES string of the molecule is CC(C(=O)NC1CCCC1)N1CCc2ccc(N)cc2C1. The van der Waals surface area contributed by atoms with Gasteiger partial charge >= 0.3 is 0 Å². The van der Waals surface area contributed by atoms with Crippen molar-refractivity contribution in [3.8, 4) is 0 Å². The Morgan fingerprint density at radius 1 is 1.33 bits per heavy atom. The van der Waals surface area contributed by atoms with Crippen molar-refractivity contribution < 1.29 is 4.79 Å². The lowest BCUT2D eigenvalue weighted by Gasteiger charge is -2.33. The summed E-state index contributed by atoms with van der Waals surface area (Å²) in [5.41, 5.74) is 9.31. The van der Waals surface area contributed by atoms with Crippen LogP contribution in [-0.2, 0) is 17.8 Å². The molecular formula is C17H25N3O. The summed E-state index contributed by atoms with van der Waals surface area (Å²) in [6.07, 6.45) is 5.76. The van der Waals surface area contributed by atoms with Crippen molar-refractivity contribution in [2.24, 2.45) is 0 Å². The molecule has 0 aromatic heterocycles. The Labute approximate surface area is 126 Å². The van der Waals surface area contributed by atoms with Crippen LogP contribution in [0.4, 0.5) is 5.69 Å². The van der Waals surface area contributed by atoms with Crippen LogP contribution < -0.4 is 11.1 Å². The van der Waals surface area contributed by atoms with E-state index in [-0.39, 0.29) is 11.9 Å². The second-order valence-electron chi connectivity index (χ2n) is 6.41. The highest BCUT2D eigenvalue weighted by molar-refractivity contribution is 5.81. The smallest absolute Gasteiger partial charge is 0.237 e. The molecule has 3 rings (SSSR count). The fourth-order valence-corrected chi connectivity index (χ4v) is 3.49. The highest BCUT2D eigenvalue weighted by Gasteiger charge is 2.27. The van der Waals surface area contributed by atoms with Gasteiger partial charge in [-0.15, -0.1) is 0 Å². The van der Waals surface area contributed by atoms with E-state index in [2.05, 4.69) is 16.3 Å². The first-order valence-corrected chi connectivity index (χ1v) is 8.05. The van der Waals surface area contributed by atoms with E-state index in [1.165, 1.54) is 24.0 Å². The van der Waals surface area contributed by atoms with Gasteiger partial charge in [0.05, 0.1) is 6.04 Å². The van der Waals surface area contributed by atoms with Gasteiger partial charge in [0, 0.05) is 24.8 Å². The number of amides is 1. The average molecular weight is 287 g/mol. The van der Waals surface area contributed by atoms with Crippen LogP contribution in [0.2, 0.25) is 0 Å². The number of carbonyl (C=O) groups is 1. The average Bonchev–Trinajstić information content (AvgIpc) is 2.98. The molecule has 0 radical (unpaired) electrons. The van der Waals surface area contributed by atoms with Gasteiger partial charge < -0.3 is 11.1 Å². The minimum Gasteiger partial charge on any atom is -0.399 e. The van der Waals surface area contributed by atoms with E-state index in [0.29, 0.717) is 6.04 Å². The fourth-order valence-electron chi connectivity index (χ4n) is 3.49. The van der Waals surface area contributed by atoms with Crippen molar-refractivity contribution in [3.63, 3.8) is 0 Å². The van der Waals surface area contributed by atoms with Crippen LogP contribution in [0.5, 0.6) is 0 Å². The number of nitrogens with two attached hydrogens (primary N) is 1. The van der Waals surface area contributed by atoms with Crippen molar-refractivity contribution in [1.82, 2.24) is 10.2 Å². The first-order chi connectivity index (χ1) is 10.1. The van der Waals surface area contributed by atoms with E-state index in [9.17, 15) is 4.79 Å². The molecule has 21 heavy (non-hydrogen) atoms. The van der Waals surface area contributed by atoms with Crippen molar-refractivity contribution in [1.29, 1.82) is 0 Å². The number of nitrogen functional groups attached to an aromatic ring is 1. The third-order valence-corrected chi connectivity index (χ3v) is 4.90. The second kappa shape index (κ2) is 6.06. The Morgan fingerprint density at radius 2 is 2.10 bits per heavy atom. The molecule has 1 unspecified atom stereocenters. The molecule has 1 saturated carbocycles. The molecule has 0 bridgehead atoms. The van der Waals surface area contributed by atoms with Crippen molar-refractivity contribution >= 4 is 11.6 Å². The number of benzene rings is 1. The van der Waals surface area contributed by atoms with E-state index in [0.717, 1.165) is 38.0 Å². The van der Waals surface area contributed by atoms with Gasteiger partial charge in [0.15, 0.2) is 0 Å². The third kappa shape index (κ3) is 3.21. The third-order valence-electron chi connectivity index (χ3n) is 4.90. The Morgan fingerprint density at radius 3 is 2.86 bits per heavy atom. The molecule has 3 N–H and O–H groups in total. The normalized spacial score (nSPS) is 21.0. The first-order valence-electron chi connectivity index (χ1n) is 8.05. The zero-order valence-electron chi connectivity index (χ0n) is 12.8. The van der Waals surface area contributed by atoms with Gasteiger partial charge in [-0.05, 0) is 49.4 Å². The van der Waals surface area contributed by atoms with Gasteiger partial charge in [0.25, 0.3) is 0 Å². The summed E-state index contributed by atoms with van der Waals surface area (Å²) in [7, 11) is 0. The van der Waals surface area contributed by atoms with Gasteiger partial charge in [-0.3, -0.25) is 9.69 Å². The summed E-state index contributed by atoms with van der Waals surface area (Å²) in [6.45, 7) is 3.78. The number of rotatable bonds is 3. The molecule has 1 aliphatic heterocycles. The molecule has 0 spiro atoms. The summed E-state index contributed by atoms with van der Waals surface area (Å²) >= 11 is 0. The zero-order chi connectivity index (χ0) is 14.8. The molecule has 1 amide bonds. The van der Waals surface area contributed by atoms with Crippen LogP contribution in [0.25, 0.3) is 0 Å². The summed E-state index contributed by atoms with van der Waals surface area (Å²) in [5.74, 6) is 0.175. The van der Waals surface area contributed by atoms with E-state index in [1.54, 1.807) is 0 Å². The maximum Gasteiger partial charge on any atom is 0.237 e. The molecule has 1 heterocycles. The number of nitrogens with one attached hydrogen (secondary N) is 1. The molecule has 0 saturated heterocycles. The van der Waals surface area contributed by atoms with Gasteiger partial charge in [-0.1, -0.05) is 18.9 Å². The monoisotopic (exact) mass is 287 g/mol. The minimum atomic E-state index is -0.0693. The quantitative estimate of drug-likeness (QED) is 0.837. The molecule has 1 aromatic rings. The Balaban J connectivity index is 1.63. The maximum atomic E-state index is 12.4. The molecule has 1 atom stereocenters. The van der Waals surface area contributed by atoms with Crippen LogP contribution in [0.1, 0.15) is 43.7 Å². The first kappa shape index (κ1) is 14.4. The fraction of sp³-hybridized carbons (Fsp3) is 0.588. The highest BCUT2D eigenvalue weighted by atomic mass is 16.2. The van der Waals surface area contributed by atoms with Gasteiger partial charge in [-0.2, -0.15) is 0 Å². The zero-order valence-corrected chi connectivity index (χ0v) is 12.8. The number of fused-ring (bicyclic) bond motifs is 1. The summed E-state index contributed by atoms with van der Waals surface area (Å²) in [6, 6.07) is 6.45. The van der Waals surface area contributed by atoms with Crippen molar-refractivity contribution in [2.45, 2.75) is 57.7 Å². The van der Waals surface area contributed by atoms with Crippen molar-refractivity contribution in [2.75, 3.05) is 12.3 Å². The molecule has 114 valence electrons. The van der Waals surface area contributed by atoms with E-state index in [4.69, 9.17) is 5.73 Å². The lowest BCUT2D eigenvalue weighted by atomic mass is 9.98. The molecule has 4 nitrogen and oxygen atoms in total. The van der Waals surface area contributed by atoms with Crippen LogP contribution >= 0.6 is 0 Å². The summed E-state index contributed by atoms with van der Waals surface area (Å²) in [4.78, 5) is 14.7. The molecule has 1 aliphatic carbocycles. The lowest BCUT2D eigenvalue weighted by Crippen LogP contribution is -2.49. The molecule has 4 heteroatoms. The van der Waals surface area contributed by atoms with Crippen LogP contribution in [0, 0.1) is 0 Å². The summed E-state index contributed by atoms with van der Waals surface area (Å²) < 4.78 is 0. The largest absolute Gasteiger partial charge is 0.399 e. The predicted molar refractivity (Wildman–Crippen MR) is 84.8 cm³/mol. The number of hydrogen-bond donors (Lipinski definition) is 2. The minimum absolute atomic E-state index is 0.0693. The topological polar surface area (TPSA) is 58.4 Å². The molecule has 2 aliphatic rings. The predicted octanol–water partition coefficient (Wildman–Crippen LogP) is 2.07. The Hall–Kier alpha value is -1.55. The van der Waals surface area contributed by atoms with E-state index >= 15 is 0 Å². The van der Waals surface area contributed by atoms with E-state index < -0.39 is 0 Å².